The maximum Gasteiger partial charge on any atom is 0.230 e. The lowest BCUT2D eigenvalue weighted by molar-refractivity contribution is 0.122. The molecule has 0 aromatic carbocycles. The van der Waals surface area contributed by atoms with E-state index in [4.69, 9.17) is 10.5 Å². The van der Waals surface area contributed by atoms with Crippen LogP contribution in [0.4, 0.5) is 11.9 Å². The largest absolute Gasteiger partial charge is 0.378 e. The van der Waals surface area contributed by atoms with E-state index < -0.39 is 0 Å². The molecule has 20 heavy (non-hydrogen) atoms. The molecule has 3 heterocycles. The molecule has 0 unspecified atom stereocenters. The van der Waals surface area contributed by atoms with Gasteiger partial charge in [-0.3, -0.25) is 4.68 Å². The van der Waals surface area contributed by atoms with Crippen molar-refractivity contribution < 1.29 is 4.74 Å². The van der Waals surface area contributed by atoms with Crippen molar-refractivity contribution in [2.45, 2.75) is 13.5 Å². The van der Waals surface area contributed by atoms with Crippen LogP contribution in [-0.4, -0.2) is 51.0 Å². The first kappa shape index (κ1) is 12.8. The first-order chi connectivity index (χ1) is 9.78. The van der Waals surface area contributed by atoms with Gasteiger partial charge in [-0.2, -0.15) is 20.1 Å². The van der Waals surface area contributed by atoms with E-state index in [0.717, 1.165) is 25.3 Å². The van der Waals surface area contributed by atoms with Crippen LogP contribution in [-0.2, 0) is 11.3 Å². The number of nitrogens with two attached hydrogens (primary N) is 1. The highest BCUT2D eigenvalue weighted by molar-refractivity contribution is 5.53. The molecule has 1 aliphatic heterocycles. The van der Waals surface area contributed by atoms with Crippen LogP contribution in [0.25, 0.3) is 11.5 Å². The summed E-state index contributed by atoms with van der Waals surface area (Å²) in [6.07, 6.45) is 1.73. The van der Waals surface area contributed by atoms with Crippen molar-refractivity contribution in [1.29, 1.82) is 0 Å². The summed E-state index contributed by atoms with van der Waals surface area (Å²) in [5, 5.41) is 4.22. The number of hydrogen-bond donors (Lipinski definition) is 1. The molecule has 0 aliphatic carbocycles. The molecule has 0 radical (unpaired) electrons. The Morgan fingerprint density at radius 2 is 2.05 bits per heavy atom. The summed E-state index contributed by atoms with van der Waals surface area (Å²) in [6, 6.07) is 1.88. The molecule has 0 bridgehead atoms. The number of aryl methyl sites for hydroxylation is 1. The van der Waals surface area contributed by atoms with E-state index in [1.165, 1.54) is 0 Å². The van der Waals surface area contributed by atoms with Crippen LogP contribution in [0.1, 0.15) is 6.92 Å². The van der Waals surface area contributed by atoms with E-state index in [2.05, 4.69) is 25.0 Å². The third kappa shape index (κ3) is 2.42. The summed E-state index contributed by atoms with van der Waals surface area (Å²) in [5.41, 5.74) is 6.66. The van der Waals surface area contributed by atoms with Crippen LogP contribution < -0.4 is 10.6 Å². The predicted octanol–water partition coefficient (Wildman–Crippen LogP) is 0.174. The number of hydrogen-bond acceptors (Lipinski definition) is 7. The summed E-state index contributed by atoms with van der Waals surface area (Å²) in [5.74, 6) is 1.37. The van der Waals surface area contributed by atoms with Crippen LogP contribution in [0.15, 0.2) is 12.3 Å². The van der Waals surface area contributed by atoms with E-state index in [-0.39, 0.29) is 5.95 Å². The summed E-state index contributed by atoms with van der Waals surface area (Å²) in [4.78, 5) is 15.0. The number of nitrogens with zero attached hydrogens (tertiary/aromatic N) is 6. The Labute approximate surface area is 116 Å². The average molecular weight is 275 g/mol. The van der Waals surface area contributed by atoms with Gasteiger partial charge in [-0.15, -0.1) is 0 Å². The zero-order valence-electron chi connectivity index (χ0n) is 11.4. The molecule has 2 N–H and O–H groups in total. The standard InChI is InChI=1S/C12H17N7O/c1-2-19-9(3-4-14-19)10-15-11(13)17-12(16-10)18-5-7-20-8-6-18/h3-4H,2,5-8H2,1H3,(H2,13,15,16,17). The molecule has 2 aromatic rings. The van der Waals surface area contributed by atoms with Crippen LogP contribution >= 0.6 is 0 Å². The highest BCUT2D eigenvalue weighted by atomic mass is 16.5. The van der Waals surface area contributed by atoms with Crippen molar-refractivity contribution in [3.63, 3.8) is 0 Å². The third-order valence-electron chi connectivity index (χ3n) is 3.18. The number of rotatable bonds is 3. The summed E-state index contributed by atoms with van der Waals surface area (Å²) >= 11 is 0. The second kappa shape index (κ2) is 5.41. The van der Waals surface area contributed by atoms with Gasteiger partial charge in [0.15, 0.2) is 5.82 Å². The first-order valence-corrected chi connectivity index (χ1v) is 6.64. The minimum Gasteiger partial charge on any atom is -0.378 e. The summed E-state index contributed by atoms with van der Waals surface area (Å²) < 4.78 is 7.16. The molecular formula is C12H17N7O. The van der Waals surface area contributed by atoms with Gasteiger partial charge in [-0.05, 0) is 13.0 Å². The van der Waals surface area contributed by atoms with E-state index in [1.807, 2.05) is 17.7 Å². The molecule has 0 atom stereocenters. The molecule has 3 rings (SSSR count). The van der Waals surface area contributed by atoms with Gasteiger partial charge in [0, 0.05) is 25.8 Å². The topological polar surface area (TPSA) is 95.0 Å². The second-order valence-electron chi connectivity index (χ2n) is 4.45. The minimum atomic E-state index is 0.223. The normalized spacial score (nSPS) is 15.6. The lowest BCUT2D eigenvalue weighted by Gasteiger charge is -2.26. The van der Waals surface area contributed by atoms with Gasteiger partial charge >= 0.3 is 0 Å². The van der Waals surface area contributed by atoms with E-state index >= 15 is 0 Å². The molecule has 0 saturated carbocycles. The molecule has 1 aliphatic rings. The van der Waals surface area contributed by atoms with Crippen molar-refractivity contribution in [2.24, 2.45) is 0 Å². The Hall–Kier alpha value is -2.22. The highest BCUT2D eigenvalue weighted by Crippen LogP contribution is 2.19. The molecule has 1 fully saturated rings. The van der Waals surface area contributed by atoms with Crippen LogP contribution in [0.5, 0.6) is 0 Å². The fourth-order valence-corrected chi connectivity index (χ4v) is 2.17. The first-order valence-electron chi connectivity index (χ1n) is 6.64. The van der Waals surface area contributed by atoms with Crippen molar-refractivity contribution in [2.75, 3.05) is 36.9 Å². The molecule has 8 nitrogen and oxygen atoms in total. The van der Waals surface area contributed by atoms with Crippen molar-refractivity contribution in [3.05, 3.63) is 12.3 Å². The number of nitrogen functional groups attached to an aromatic ring is 1. The fraction of sp³-hybridized carbons (Fsp3) is 0.500. The van der Waals surface area contributed by atoms with Crippen molar-refractivity contribution in [1.82, 2.24) is 24.7 Å². The van der Waals surface area contributed by atoms with Crippen LogP contribution in [0, 0.1) is 0 Å². The molecular weight excluding hydrogens is 258 g/mol. The monoisotopic (exact) mass is 275 g/mol. The van der Waals surface area contributed by atoms with Crippen LogP contribution in [0.2, 0.25) is 0 Å². The molecule has 0 spiro atoms. The Kier molecular flexibility index (Phi) is 3.46. The molecule has 2 aromatic heterocycles. The van der Waals surface area contributed by atoms with Crippen molar-refractivity contribution in [3.8, 4) is 11.5 Å². The van der Waals surface area contributed by atoms with Crippen molar-refractivity contribution >= 4 is 11.9 Å². The maximum atomic E-state index is 5.81. The van der Waals surface area contributed by atoms with Gasteiger partial charge in [-0.25, -0.2) is 0 Å². The number of morpholine rings is 1. The number of anilines is 2. The smallest absolute Gasteiger partial charge is 0.230 e. The van der Waals surface area contributed by atoms with Gasteiger partial charge < -0.3 is 15.4 Å². The van der Waals surface area contributed by atoms with Gasteiger partial charge in [0.1, 0.15) is 5.69 Å². The van der Waals surface area contributed by atoms with E-state index in [9.17, 15) is 0 Å². The predicted molar refractivity (Wildman–Crippen MR) is 74.2 cm³/mol. The van der Waals surface area contributed by atoms with E-state index in [1.54, 1.807) is 6.20 Å². The summed E-state index contributed by atoms with van der Waals surface area (Å²) in [6.45, 7) is 5.64. The zero-order chi connectivity index (χ0) is 13.9. The van der Waals surface area contributed by atoms with Gasteiger partial charge in [0.25, 0.3) is 0 Å². The minimum absolute atomic E-state index is 0.223. The van der Waals surface area contributed by atoms with Crippen LogP contribution in [0.3, 0.4) is 0 Å². The molecule has 1 saturated heterocycles. The Bertz CT molecular complexity index is 591. The molecule has 106 valence electrons. The zero-order valence-corrected chi connectivity index (χ0v) is 11.4. The Balaban J connectivity index is 1.98. The van der Waals surface area contributed by atoms with Gasteiger partial charge in [-0.1, -0.05) is 0 Å². The maximum absolute atomic E-state index is 5.81. The van der Waals surface area contributed by atoms with Gasteiger partial charge in [0.2, 0.25) is 11.9 Å². The second-order valence-corrected chi connectivity index (χ2v) is 4.45. The Morgan fingerprint density at radius 3 is 2.80 bits per heavy atom. The van der Waals surface area contributed by atoms with Gasteiger partial charge in [0.05, 0.1) is 13.2 Å². The van der Waals surface area contributed by atoms with E-state index in [0.29, 0.717) is 25.0 Å². The summed E-state index contributed by atoms with van der Waals surface area (Å²) in [7, 11) is 0. The molecule has 0 amide bonds. The average Bonchev–Trinajstić information content (AvgIpc) is 2.96. The Morgan fingerprint density at radius 1 is 1.25 bits per heavy atom. The lowest BCUT2D eigenvalue weighted by Crippen LogP contribution is -2.37. The SMILES string of the molecule is CCn1nccc1-c1nc(N)nc(N2CCOCC2)n1. The highest BCUT2D eigenvalue weighted by Gasteiger charge is 2.17. The molecule has 8 heteroatoms. The fourth-order valence-electron chi connectivity index (χ4n) is 2.17. The number of aromatic nitrogens is 5. The lowest BCUT2D eigenvalue weighted by atomic mass is 10.4. The number of ether oxygens (including phenoxy) is 1. The quantitative estimate of drug-likeness (QED) is 0.853. The third-order valence-corrected chi connectivity index (χ3v) is 3.18.